The molecule has 2 aromatic rings. The van der Waals surface area contributed by atoms with E-state index in [9.17, 15) is 20.2 Å². The molecule has 0 bridgehead atoms. The molecule has 0 aliphatic carbocycles. The monoisotopic (exact) mass is 248 g/mol. The Labute approximate surface area is 101 Å². The van der Waals surface area contributed by atoms with Crippen molar-refractivity contribution in [1.29, 1.82) is 0 Å². The van der Waals surface area contributed by atoms with Crippen molar-refractivity contribution >= 4 is 11.4 Å². The van der Waals surface area contributed by atoms with Gasteiger partial charge < -0.3 is 4.42 Å². The second-order valence-electron chi connectivity index (χ2n) is 3.63. The number of nitrogens with zero attached hydrogens (tertiary/aromatic N) is 2. The van der Waals surface area contributed by atoms with E-state index in [0.717, 1.165) is 0 Å². The van der Waals surface area contributed by atoms with Crippen LogP contribution < -0.4 is 0 Å². The summed E-state index contributed by atoms with van der Waals surface area (Å²) in [6, 6.07) is 5.72. The molecule has 7 heteroatoms. The molecule has 0 N–H and O–H groups in total. The van der Waals surface area contributed by atoms with E-state index in [0.29, 0.717) is 11.3 Å². The van der Waals surface area contributed by atoms with Crippen LogP contribution in [0.4, 0.5) is 11.4 Å². The maximum Gasteiger partial charge on any atom is 0.279 e. The van der Waals surface area contributed by atoms with Gasteiger partial charge in [-0.1, -0.05) is 0 Å². The van der Waals surface area contributed by atoms with Gasteiger partial charge in [-0.05, 0) is 19.1 Å². The van der Waals surface area contributed by atoms with E-state index in [1.165, 1.54) is 25.3 Å². The van der Waals surface area contributed by atoms with Gasteiger partial charge in [0.2, 0.25) is 0 Å². The van der Waals surface area contributed by atoms with Gasteiger partial charge in [-0.25, -0.2) is 0 Å². The van der Waals surface area contributed by atoms with Crippen molar-refractivity contribution in [1.82, 2.24) is 0 Å². The first-order valence-electron chi connectivity index (χ1n) is 4.98. The lowest BCUT2D eigenvalue weighted by atomic mass is 10.1. The van der Waals surface area contributed by atoms with E-state index in [1.807, 2.05) is 0 Å². The van der Waals surface area contributed by atoms with Crippen LogP contribution in [0.15, 0.2) is 34.9 Å². The molecule has 0 amide bonds. The van der Waals surface area contributed by atoms with Crippen LogP contribution >= 0.6 is 0 Å². The van der Waals surface area contributed by atoms with Crippen molar-refractivity contribution in [2.45, 2.75) is 6.92 Å². The van der Waals surface area contributed by atoms with Crippen molar-refractivity contribution < 1.29 is 14.3 Å². The predicted molar refractivity (Wildman–Crippen MR) is 62.2 cm³/mol. The van der Waals surface area contributed by atoms with Crippen molar-refractivity contribution in [3.8, 4) is 11.3 Å². The van der Waals surface area contributed by atoms with Gasteiger partial charge in [0, 0.05) is 17.7 Å². The lowest BCUT2D eigenvalue weighted by molar-refractivity contribution is -0.395. The molecule has 1 aromatic heterocycles. The zero-order valence-corrected chi connectivity index (χ0v) is 9.32. The highest BCUT2D eigenvalue weighted by molar-refractivity contribution is 5.69. The first-order valence-corrected chi connectivity index (χ1v) is 4.98. The van der Waals surface area contributed by atoms with Crippen molar-refractivity contribution in [3.05, 3.63) is 56.3 Å². The number of benzene rings is 1. The number of rotatable bonds is 3. The van der Waals surface area contributed by atoms with E-state index in [1.54, 1.807) is 12.1 Å². The van der Waals surface area contributed by atoms with Gasteiger partial charge >= 0.3 is 0 Å². The fourth-order valence-corrected chi connectivity index (χ4v) is 1.65. The summed E-state index contributed by atoms with van der Waals surface area (Å²) in [6.07, 6.45) is 1.40. The molecule has 1 heterocycles. The zero-order chi connectivity index (χ0) is 13.3. The highest BCUT2D eigenvalue weighted by atomic mass is 16.6. The van der Waals surface area contributed by atoms with Gasteiger partial charge in [-0.3, -0.25) is 20.2 Å². The van der Waals surface area contributed by atoms with Crippen LogP contribution in [0.1, 0.15) is 5.56 Å². The van der Waals surface area contributed by atoms with E-state index in [-0.39, 0.29) is 16.9 Å². The number of nitro groups is 2. The smallest absolute Gasteiger partial charge is 0.279 e. The zero-order valence-electron chi connectivity index (χ0n) is 9.32. The van der Waals surface area contributed by atoms with E-state index < -0.39 is 9.85 Å². The molecule has 0 saturated carbocycles. The molecular weight excluding hydrogens is 240 g/mol. The van der Waals surface area contributed by atoms with Crippen LogP contribution in [-0.4, -0.2) is 9.85 Å². The van der Waals surface area contributed by atoms with Gasteiger partial charge in [0.05, 0.1) is 16.1 Å². The largest absolute Gasteiger partial charge is 0.464 e. The Kier molecular flexibility index (Phi) is 2.80. The van der Waals surface area contributed by atoms with Gasteiger partial charge in [0.25, 0.3) is 11.4 Å². The molecule has 0 spiro atoms. The van der Waals surface area contributed by atoms with Crippen LogP contribution in [0, 0.1) is 27.2 Å². The van der Waals surface area contributed by atoms with E-state index in [2.05, 4.69) is 0 Å². The molecule has 2 rings (SSSR count). The van der Waals surface area contributed by atoms with Gasteiger partial charge in [-0.15, -0.1) is 0 Å². The summed E-state index contributed by atoms with van der Waals surface area (Å²) in [4.78, 5) is 20.5. The fourth-order valence-electron chi connectivity index (χ4n) is 1.65. The topological polar surface area (TPSA) is 99.4 Å². The van der Waals surface area contributed by atoms with Gasteiger partial charge in [-0.2, -0.15) is 0 Å². The summed E-state index contributed by atoms with van der Waals surface area (Å²) >= 11 is 0. The Morgan fingerprint density at radius 2 is 1.67 bits per heavy atom. The SMILES string of the molecule is Cc1c([N+](=O)[O-])cc(-c2ccco2)cc1[N+](=O)[O-]. The minimum Gasteiger partial charge on any atom is -0.464 e. The highest BCUT2D eigenvalue weighted by Gasteiger charge is 2.24. The van der Waals surface area contributed by atoms with Crippen LogP contribution in [0.25, 0.3) is 11.3 Å². The maximum absolute atomic E-state index is 10.9. The minimum absolute atomic E-state index is 0.0281. The average Bonchev–Trinajstić information content (AvgIpc) is 2.82. The van der Waals surface area contributed by atoms with Crippen LogP contribution in [-0.2, 0) is 0 Å². The third-order valence-electron chi connectivity index (χ3n) is 2.55. The van der Waals surface area contributed by atoms with E-state index >= 15 is 0 Å². The maximum atomic E-state index is 10.9. The molecule has 0 aliphatic heterocycles. The lowest BCUT2D eigenvalue weighted by Gasteiger charge is -2.02. The average molecular weight is 248 g/mol. The summed E-state index contributed by atoms with van der Waals surface area (Å²) in [6.45, 7) is 1.35. The summed E-state index contributed by atoms with van der Waals surface area (Å²) < 4.78 is 5.08. The standard InChI is InChI=1S/C11H8N2O5/c1-7-9(12(14)15)5-8(6-10(7)13(16)17)11-3-2-4-18-11/h2-6H,1H3. The molecule has 18 heavy (non-hydrogen) atoms. The minimum atomic E-state index is -0.644. The second-order valence-corrected chi connectivity index (χ2v) is 3.63. The molecular formula is C11H8N2O5. The quantitative estimate of drug-likeness (QED) is 0.613. The molecule has 1 aromatic carbocycles. The molecule has 0 saturated heterocycles. The molecule has 0 aliphatic rings. The lowest BCUT2D eigenvalue weighted by Crippen LogP contribution is -1.98. The van der Waals surface area contributed by atoms with Crippen LogP contribution in [0.2, 0.25) is 0 Å². The Morgan fingerprint density at radius 3 is 2.06 bits per heavy atom. The summed E-state index contributed by atoms with van der Waals surface area (Å²) in [7, 11) is 0. The number of hydrogen-bond donors (Lipinski definition) is 0. The Morgan fingerprint density at radius 1 is 1.11 bits per heavy atom. The second kappa shape index (κ2) is 4.28. The molecule has 0 radical (unpaired) electrons. The highest BCUT2D eigenvalue weighted by Crippen LogP contribution is 2.34. The third kappa shape index (κ3) is 1.93. The molecule has 0 fully saturated rings. The van der Waals surface area contributed by atoms with Crippen molar-refractivity contribution in [2.75, 3.05) is 0 Å². The molecule has 0 unspecified atom stereocenters. The predicted octanol–water partition coefficient (Wildman–Crippen LogP) is 3.07. The number of hydrogen-bond acceptors (Lipinski definition) is 5. The molecule has 0 atom stereocenters. The van der Waals surface area contributed by atoms with E-state index in [4.69, 9.17) is 4.42 Å². The van der Waals surface area contributed by atoms with Gasteiger partial charge in [0.1, 0.15) is 11.3 Å². The van der Waals surface area contributed by atoms with Crippen LogP contribution in [0.3, 0.4) is 0 Å². The Balaban J connectivity index is 2.70. The number of furan rings is 1. The summed E-state index contributed by atoms with van der Waals surface area (Å²) in [5.74, 6) is 0.348. The summed E-state index contributed by atoms with van der Waals surface area (Å²) in [5, 5.41) is 21.7. The van der Waals surface area contributed by atoms with Gasteiger partial charge in [0.15, 0.2) is 0 Å². The van der Waals surface area contributed by atoms with Crippen molar-refractivity contribution in [2.24, 2.45) is 0 Å². The first kappa shape index (κ1) is 11.8. The molecule has 7 nitrogen and oxygen atoms in total. The fraction of sp³-hybridized carbons (Fsp3) is 0.0909. The van der Waals surface area contributed by atoms with Crippen LogP contribution in [0.5, 0.6) is 0 Å². The van der Waals surface area contributed by atoms with Crippen molar-refractivity contribution in [3.63, 3.8) is 0 Å². The normalized spacial score (nSPS) is 10.3. The first-order chi connectivity index (χ1) is 8.50. The Bertz CT molecular complexity index is 583. The Hall–Kier alpha value is -2.70. The molecule has 92 valence electrons. The number of nitro benzene ring substituents is 2. The third-order valence-corrected chi connectivity index (χ3v) is 2.55. The summed E-state index contributed by atoms with van der Waals surface area (Å²) in [5.41, 5.74) is -0.254.